The summed E-state index contributed by atoms with van der Waals surface area (Å²) in [6.45, 7) is 0.0272. The van der Waals surface area contributed by atoms with Gasteiger partial charge < -0.3 is 10.1 Å². The van der Waals surface area contributed by atoms with E-state index in [1.54, 1.807) is 18.2 Å². The van der Waals surface area contributed by atoms with Crippen LogP contribution in [-0.4, -0.2) is 18.5 Å². The van der Waals surface area contributed by atoms with Crippen LogP contribution >= 0.6 is 27.5 Å². The number of nitrogens with one attached hydrogen (secondary N) is 2. The van der Waals surface area contributed by atoms with Crippen LogP contribution in [0.25, 0.3) is 0 Å². The van der Waals surface area contributed by atoms with E-state index in [9.17, 15) is 9.59 Å². The first kappa shape index (κ1) is 17.3. The van der Waals surface area contributed by atoms with Crippen molar-refractivity contribution in [1.29, 1.82) is 0 Å². The third-order valence-electron chi connectivity index (χ3n) is 2.80. The fourth-order valence-corrected chi connectivity index (χ4v) is 2.45. The Kier molecular flexibility index (Phi) is 6.43. The maximum Gasteiger partial charge on any atom is 0.321 e. The number of urea groups is 1. The molecule has 0 radical (unpaired) electrons. The summed E-state index contributed by atoms with van der Waals surface area (Å²) in [5.74, 6) is -0.191. The average molecular weight is 398 g/mol. The summed E-state index contributed by atoms with van der Waals surface area (Å²) >= 11 is 9.24. The molecule has 0 aliphatic carbocycles. The Morgan fingerprint density at radius 1 is 1.13 bits per heavy atom. The van der Waals surface area contributed by atoms with Crippen molar-refractivity contribution in [1.82, 2.24) is 10.6 Å². The minimum atomic E-state index is -0.579. The fraction of sp³-hybridized carbons (Fsp3) is 0.125. The molecule has 0 aliphatic rings. The number of hydrogen-bond donors (Lipinski definition) is 2. The Morgan fingerprint density at radius 2 is 1.87 bits per heavy atom. The molecule has 3 amide bonds. The largest absolute Gasteiger partial charge is 0.482 e. The number of carbonyl (C=O) groups excluding carboxylic acids is 2. The van der Waals surface area contributed by atoms with Gasteiger partial charge in [-0.1, -0.05) is 57.9 Å². The van der Waals surface area contributed by atoms with Crippen molar-refractivity contribution in [2.45, 2.75) is 6.54 Å². The van der Waals surface area contributed by atoms with Crippen molar-refractivity contribution in [3.05, 3.63) is 63.6 Å². The summed E-state index contributed by atoms with van der Waals surface area (Å²) in [6.07, 6.45) is 0. The van der Waals surface area contributed by atoms with Crippen LogP contribution in [0.3, 0.4) is 0 Å². The molecular weight excluding hydrogens is 384 g/mol. The van der Waals surface area contributed by atoms with E-state index in [1.807, 2.05) is 30.3 Å². The summed E-state index contributed by atoms with van der Waals surface area (Å²) in [4.78, 5) is 23.3. The summed E-state index contributed by atoms with van der Waals surface area (Å²) in [5, 5.41) is 5.15. The van der Waals surface area contributed by atoms with Crippen LogP contribution < -0.4 is 15.4 Å². The number of carbonyl (C=O) groups is 2. The Labute approximate surface area is 147 Å². The minimum absolute atomic E-state index is 0.305. The zero-order valence-electron chi connectivity index (χ0n) is 12.0. The first-order valence-corrected chi connectivity index (χ1v) is 7.91. The molecule has 0 saturated carbocycles. The lowest BCUT2D eigenvalue weighted by molar-refractivity contribution is -0.122. The first-order chi connectivity index (χ1) is 11.0. The predicted octanol–water partition coefficient (Wildman–Crippen LogP) is 3.51. The van der Waals surface area contributed by atoms with Gasteiger partial charge in [0, 0.05) is 11.0 Å². The quantitative estimate of drug-likeness (QED) is 0.811. The summed E-state index contributed by atoms with van der Waals surface area (Å²) in [6, 6.07) is 13.8. The molecule has 0 saturated heterocycles. The molecule has 2 rings (SSSR count). The second kappa shape index (κ2) is 8.55. The van der Waals surface area contributed by atoms with Crippen LogP contribution in [0.4, 0.5) is 4.79 Å². The van der Waals surface area contributed by atoms with Crippen LogP contribution in [-0.2, 0) is 11.3 Å². The second-order valence-corrected chi connectivity index (χ2v) is 5.90. The number of ether oxygens (including phenoxy) is 1. The van der Waals surface area contributed by atoms with Crippen LogP contribution in [0.5, 0.6) is 5.75 Å². The lowest BCUT2D eigenvalue weighted by Crippen LogP contribution is -2.41. The lowest BCUT2D eigenvalue weighted by Gasteiger charge is -2.09. The van der Waals surface area contributed by atoms with Gasteiger partial charge >= 0.3 is 6.03 Å². The van der Waals surface area contributed by atoms with Crippen molar-refractivity contribution in [2.75, 3.05) is 6.61 Å². The second-order valence-electron chi connectivity index (χ2n) is 4.58. The highest BCUT2D eigenvalue weighted by Gasteiger charge is 2.09. The molecular formula is C16H14BrClN2O3. The monoisotopic (exact) mass is 396 g/mol. The van der Waals surface area contributed by atoms with E-state index in [4.69, 9.17) is 16.3 Å². The molecule has 0 bridgehead atoms. The third-order valence-corrected chi connectivity index (χ3v) is 3.59. The van der Waals surface area contributed by atoms with Crippen LogP contribution in [0, 0.1) is 0 Å². The molecule has 0 heterocycles. The van der Waals surface area contributed by atoms with Gasteiger partial charge in [0.2, 0.25) is 0 Å². The highest BCUT2D eigenvalue weighted by molar-refractivity contribution is 9.10. The topological polar surface area (TPSA) is 67.4 Å². The van der Waals surface area contributed by atoms with E-state index in [1.165, 1.54) is 0 Å². The van der Waals surface area contributed by atoms with Gasteiger partial charge in [-0.25, -0.2) is 4.79 Å². The zero-order valence-corrected chi connectivity index (χ0v) is 14.4. The van der Waals surface area contributed by atoms with Gasteiger partial charge in [-0.15, -0.1) is 0 Å². The predicted molar refractivity (Wildman–Crippen MR) is 91.5 cm³/mol. The van der Waals surface area contributed by atoms with E-state index in [-0.39, 0.29) is 6.61 Å². The van der Waals surface area contributed by atoms with Crippen LogP contribution in [0.2, 0.25) is 5.02 Å². The highest BCUT2D eigenvalue weighted by atomic mass is 79.9. The summed E-state index contributed by atoms with van der Waals surface area (Å²) in [7, 11) is 0. The normalized spacial score (nSPS) is 10.0. The Hall–Kier alpha value is -2.05. The van der Waals surface area contributed by atoms with Gasteiger partial charge in [0.1, 0.15) is 5.75 Å². The minimum Gasteiger partial charge on any atom is -0.482 e. The van der Waals surface area contributed by atoms with Crippen molar-refractivity contribution in [3.63, 3.8) is 0 Å². The summed E-state index contributed by atoms with van der Waals surface area (Å²) < 4.78 is 6.08. The van der Waals surface area contributed by atoms with Crippen molar-refractivity contribution >= 4 is 39.5 Å². The smallest absolute Gasteiger partial charge is 0.321 e. The molecule has 120 valence electrons. The van der Waals surface area contributed by atoms with Crippen molar-refractivity contribution in [3.8, 4) is 5.75 Å². The van der Waals surface area contributed by atoms with E-state index < -0.39 is 11.9 Å². The molecule has 2 N–H and O–H groups in total. The molecule has 2 aromatic rings. The Morgan fingerprint density at radius 3 is 2.57 bits per heavy atom. The molecule has 0 aromatic heterocycles. The fourth-order valence-electron chi connectivity index (χ4n) is 1.72. The molecule has 7 heteroatoms. The number of benzene rings is 2. The SMILES string of the molecule is O=C(COc1ccc(Br)cc1Cl)NC(=O)NCc1ccccc1. The maximum atomic E-state index is 11.7. The third kappa shape index (κ3) is 5.92. The molecule has 23 heavy (non-hydrogen) atoms. The first-order valence-electron chi connectivity index (χ1n) is 6.74. The molecule has 2 aromatic carbocycles. The number of rotatable bonds is 5. The lowest BCUT2D eigenvalue weighted by atomic mass is 10.2. The van der Waals surface area contributed by atoms with E-state index in [0.717, 1.165) is 10.0 Å². The number of halogens is 2. The average Bonchev–Trinajstić information content (AvgIpc) is 2.53. The molecule has 0 fully saturated rings. The van der Waals surface area contributed by atoms with Gasteiger partial charge in [-0.3, -0.25) is 10.1 Å². The van der Waals surface area contributed by atoms with E-state index in [0.29, 0.717) is 17.3 Å². The van der Waals surface area contributed by atoms with Crippen LogP contribution in [0.15, 0.2) is 53.0 Å². The number of imide groups is 1. The van der Waals surface area contributed by atoms with Crippen molar-refractivity contribution in [2.24, 2.45) is 0 Å². The van der Waals surface area contributed by atoms with Gasteiger partial charge in [-0.05, 0) is 23.8 Å². The van der Waals surface area contributed by atoms with Crippen LogP contribution in [0.1, 0.15) is 5.56 Å². The summed E-state index contributed by atoms with van der Waals surface area (Å²) in [5.41, 5.74) is 0.938. The maximum absolute atomic E-state index is 11.7. The number of amides is 3. The standard InChI is InChI=1S/C16H14BrClN2O3/c17-12-6-7-14(13(18)8-12)23-10-15(21)20-16(22)19-9-11-4-2-1-3-5-11/h1-8H,9-10H2,(H2,19,20,21,22). The van der Waals surface area contributed by atoms with Crippen molar-refractivity contribution < 1.29 is 14.3 Å². The van der Waals surface area contributed by atoms with E-state index >= 15 is 0 Å². The molecule has 0 unspecified atom stereocenters. The zero-order chi connectivity index (χ0) is 16.7. The molecule has 0 spiro atoms. The van der Waals surface area contributed by atoms with Gasteiger partial charge in [0.25, 0.3) is 5.91 Å². The Balaban J connectivity index is 1.74. The molecule has 5 nitrogen and oxygen atoms in total. The highest BCUT2D eigenvalue weighted by Crippen LogP contribution is 2.27. The van der Waals surface area contributed by atoms with E-state index in [2.05, 4.69) is 26.6 Å². The van der Waals surface area contributed by atoms with Gasteiger partial charge in [0.05, 0.1) is 5.02 Å². The van der Waals surface area contributed by atoms with Gasteiger partial charge in [-0.2, -0.15) is 0 Å². The number of hydrogen-bond acceptors (Lipinski definition) is 3. The van der Waals surface area contributed by atoms with Gasteiger partial charge in [0.15, 0.2) is 6.61 Å². The Bertz CT molecular complexity index is 695. The molecule has 0 atom stereocenters. The molecule has 0 aliphatic heterocycles.